The van der Waals surface area contributed by atoms with Crippen molar-refractivity contribution >= 4 is 41.6 Å². The molecule has 38 heavy (non-hydrogen) atoms. The molecule has 0 unspecified atom stereocenters. The monoisotopic (exact) mass is 536 g/mol. The van der Waals surface area contributed by atoms with E-state index in [0.717, 1.165) is 23.3 Å². The smallest absolute Gasteiger partial charge is 0.328 e. The van der Waals surface area contributed by atoms with Crippen molar-refractivity contribution in [2.75, 3.05) is 43.6 Å². The number of likely N-dealkylation sites (tertiary alicyclic amines) is 1. The van der Waals surface area contributed by atoms with Gasteiger partial charge in [-0.25, -0.2) is 14.8 Å². The fourth-order valence-corrected chi connectivity index (χ4v) is 6.07. The lowest BCUT2D eigenvalue weighted by atomic mass is 10.0. The Bertz CT molecular complexity index is 1290. The van der Waals surface area contributed by atoms with Gasteiger partial charge in [-0.15, -0.1) is 11.8 Å². The number of aromatic nitrogens is 2. The average molecular weight is 537 g/mol. The number of fused-ring (bicyclic) bond motifs is 1. The predicted molar refractivity (Wildman–Crippen MR) is 139 cm³/mol. The van der Waals surface area contributed by atoms with Crippen molar-refractivity contribution in [3.63, 3.8) is 0 Å². The van der Waals surface area contributed by atoms with Gasteiger partial charge in [-0.05, 0) is 37.0 Å². The normalized spacial score (nSPS) is 20.8. The quantitative estimate of drug-likeness (QED) is 0.529. The number of nitriles is 1. The molecule has 3 aliphatic heterocycles. The van der Waals surface area contributed by atoms with Crippen LogP contribution in [0.5, 0.6) is 0 Å². The van der Waals surface area contributed by atoms with E-state index in [1.165, 1.54) is 18.2 Å². The maximum atomic E-state index is 13.3. The van der Waals surface area contributed by atoms with Gasteiger partial charge in [-0.1, -0.05) is 0 Å². The lowest BCUT2D eigenvalue weighted by Gasteiger charge is -2.29. The molecule has 1 N–H and O–H groups in total. The van der Waals surface area contributed by atoms with Crippen LogP contribution in [0.25, 0.3) is 0 Å². The van der Waals surface area contributed by atoms with Gasteiger partial charge in [0.2, 0.25) is 0 Å². The van der Waals surface area contributed by atoms with Gasteiger partial charge in [0.1, 0.15) is 29.5 Å². The summed E-state index contributed by atoms with van der Waals surface area (Å²) in [5, 5.41) is 12.6. The minimum Gasteiger partial charge on any atom is -0.380 e. The summed E-state index contributed by atoms with van der Waals surface area (Å²) >= 11 is 1.55. The van der Waals surface area contributed by atoms with Gasteiger partial charge >= 0.3 is 6.03 Å². The summed E-state index contributed by atoms with van der Waals surface area (Å²) in [5.74, 6) is 0.652. The van der Waals surface area contributed by atoms with Gasteiger partial charge in [0.25, 0.3) is 5.91 Å². The Morgan fingerprint density at radius 1 is 1.37 bits per heavy atom. The molecule has 0 saturated carbocycles. The summed E-state index contributed by atoms with van der Waals surface area (Å²) in [6, 6.07) is 5.32. The van der Waals surface area contributed by atoms with Crippen LogP contribution >= 0.6 is 11.8 Å². The third-order valence-electron chi connectivity index (χ3n) is 6.93. The van der Waals surface area contributed by atoms with Gasteiger partial charge in [-0.3, -0.25) is 19.8 Å². The second kappa shape index (κ2) is 11.5. The first-order valence-corrected chi connectivity index (χ1v) is 13.4. The van der Waals surface area contributed by atoms with E-state index in [-0.39, 0.29) is 23.4 Å². The Kier molecular flexibility index (Phi) is 7.87. The molecule has 12 heteroatoms. The Labute approximate surface area is 224 Å². The molecule has 0 aliphatic carbocycles. The first kappa shape index (κ1) is 26.1. The van der Waals surface area contributed by atoms with Crippen molar-refractivity contribution in [2.45, 2.75) is 48.5 Å². The lowest BCUT2D eigenvalue weighted by molar-refractivity contribution is -0.136. The number of nitrogens with one attached hydrogen (secondary N) is 1. The standard InChI is InChI=1S/C26H28N6O5S/c1-36-21-4-7-31(25(21)34)13-17-9-16-3-2-6-32(24(16)29-20(17)14-33)26(35)30-23-10-22(18(11-27)12-28-23)38-19-5-8-37-15-19/h9-10,12,14,19,21H,2-8,13,15H2,1H3,(H,28,30,35)/t19-,21+/m1/s1. The number of hydrogen-bond acceptors (Lipinski definition) is 9. The molecule has 2 atom stereocenters. The number of carbonyl (C=O) groups excluding carboxylic acids is 3. The zero-order valence-corrected chi connectivity index (χ0v) is 21.8. The first-order valence-electron chi connectivity index (χ1n) is 12.5. The summed E-state index contributed by atoms with van der Waals surface area (Å²) in [4.78, 5) is 50.5. The molecule has 2 aromatic heterocycles. The molecule has 0 aromatic carbocycles. The maximum Gasteiger partial charge on any atom is 0.328 e. The van der Waals surface area contributed by atoms with Gasteiger partial charge < -0.3 is 14.4 Å². The molecular weight excluding hydrogens is 508 g/mol. The van der Waals surface area contributed by atoms with Crippen LogP contribution in [0.1, 0.15) is 46.4 Å². The minimum atomic E-state index is -0.458. The number of ether oxygens (including phenoxy) is 2. The van der Waals surface area contributed by atoms with Crippen LogP contribution in [0.2, 0.25) is 0 Å². The van der Waals surface area contributed by atoms with Gasteiger partial charge in [0.05, 0.1) is 12.2 Å². The second-order valence-corrected chi connectivity index (χ2v) is 10.7. The fourth-order valence-electron chi connectivity index (χ4n) is 4.92. The summed E-state index contributed by atoms with van der Waals surface area (Å²) in [6.45, 7) is 2.56. The molecule has 0 bridgehead atoms. The number of rotatable bonds is 7. The molecule has 3 aliphatic rings. The average Bonchev–Trinajstić information content (AvgIpc) is 3.57. The van der Waals surface area contributed by atoms with E-state index in [1.807, 2.05) is 6.07 Å². The topological polar surface area (TPSA) is 138 Å². The van der Waals surface area contributed by atoms with E-state index < -0.39 is 12.1 Å². The van der Waals surface area contributed by atoms with E-state index in [0.29, 0.717) is 68.2 Å². The van der Waals surface area contributed by atoms with Crippen molar-refractivity contribution in [1.82, 2.24) is 14.9 Å². The lowest BCUT2D eigenvalue weighted by Crippen LogP contribution is -2.40. The molecule has 3 amide bonds. The molecule has 2 fully saturated rings. The van der Waals surface area contributed by atoms with Crippen LogP contribution in [0.4, 0.5) is 16.4 Å². The van der Waals surface area contributed by atoms with E-state index in [4.69, 9.17) is 9.47 Å². The van der Waals surface area contributed by atoms with E-state index >= 15 is 0 Å². The van der Waals surface area contributed by atoms with Crippen molar-refractivity contribution in [3.05, 3.63) is 40.7 Å². The third-order valence-corrected chi connectivity index (χ3v) is 8.23. The van der Waals surface area contributed by atoms with Crippen LogP contribution in [0, 0.1) is 11.3 Å². The molecule has 5 rings (SSSR count). The largest absolute Gasteiger partial charge is 0.380 e. The van der Waals surface area contributed by atoms with Gasteiger partial charge in [-0.2, -0.15) is 5.26 Å². The first-order chi connectivity index (χ1) is 18.5. The number of hydrogen-bond donors (Lipinski definition) is 1. The summed E-state index contributed by atoms with van der Waals surface area (Å²) in [7, 11) is 1.51. The number of urea groups is 1. The van der Waals surface area contributed by atoms with Crippen molar-refractivity contribution in [1.29, 1.82) is 5.26 Å². The Morgan fingerprint density at radius 3 is 2.95 bits per heavy atom. The van der Waals surface area contributed by atoms with Crippen LogP contribution in [0.3, 0.4) is 0 Å². The number of pyridine rings is 2. The second-order valence-electron chi connectivity index (χ2n) is 9.37. The van der Waals surface area contributed by atoms with Gasteiger partial charge in [0, 0.05) is 61.7 Å². The van der Waals surface area contributed by atoms with Crippen molar-refractivity contribution in [2.24, 2.45) is 0 Å². The number of amides is 3. The zero-order chi connectivity index (χ0) is 26.6. The van der Waals surface area contributed by atoms with E-state index in [9.17, 15) is 19.6 Å². The molecular formula is C26H28N6O5S. The number of methoxy groups -OCH3 is 1. The summed E-state index contributed by atoms with van der Waals surface area (Å²) < 4.78 is 10.7. The minimum absolute atomic E-state index is 0.101. The highest BCUT2D eigenvalue weighted by Crippen LogP contribution is 2.33. The van der Waals surface area contributed by atoms with Crippen LogP contribution in [-0.4, -0.2) is 77.9 Å². The fraction of sp³-hybridized carbons (Fsp3) is 0.462. The Hall–Kier alpha value is -3.53. The number of thioether (sulfide) groups is 1. The molecule has 5 heterocycles. The molecule has 0 spiro atoms. The Morgan fingerprint density at radius 2 is 2.24 bits per heavy atom. The summed E-state index contributed by atoms with van der Waals surface area (Å²) in [5.41, 5.74) is 2.14. The third kappa shape index (κ3) is 5.36. The number of carbonyl (C=O) groups is 3. The summed E-state index contributed by atoms with van der Waals surface area (Å²) in [6.07, 6.45) is 4.59. The van der Waals surface area contributed by atoms with Crippen LogP contribution in [-0.2, 0) is 27.2 Å². The van der Waals surface area contributed by atoms with Crippen LogP contribution < -0.4 is 10.2 Å². The molecule has 0 radical (unpaired) electrons. The number of anilines is 2. The molecule has 11 nitrogen and oxygen atoms in total. The predicted octanol–water partition coefficient (Wildman–Crippen LogP) is 2.77. The number of nitrogens with zero attached hydrogens (tertiary/aromatic N) is 5. The highest BCUT2D eigenvalue weighted by atomic mass is 32.2. The van der Waals surface area contributed by atoms with Crippen molar-refractivity contribution in [3.8, 4) is 6.07 Å². The number of aldehydes is 1. The van der Waals surface area contributed by atoms with E-state index in [2.05, 4.69) is 21.4 Å². The van der Waals surface area contributed by atoms with E-state index in [1.54, 1.807) is 22.7 Å². The maximum absolute atomic E-state index is 13.3. The zero-order valence-electron chi connectivity index (χ0n) is 21.0. The molecule has 198 valence electrons. The van der Waals surface area contributed by atoms with Crippen molar-refractivity contribution < 1.29 is 23.9 Å². The molecule has 2 aromatic rings. The van der Waals surface area contributed by atoms with Crippen LogP contribution in [0.15, 0.2) is 23.2 Å². The SMILES string of the molecule is CO[C@H]1CCN(Cc2cc3c(nc2C=O)N(C(=O)Nc2cc(S[C@@H]4CCOC4)c(C#N)cn2)CCC3)C1=O. The van der Waals surface area contributed by atoms with Gasteiger partial charge in [0.15, 0.2) is 6.29 Å². The number of aryl methyl sites for hydroxylation is 1. The highest BCUT2D eigenvalue weighted by Gasteiger charge is 2.33. The molecule has 2 saturated heterocycles. The Balaban J connectivity index is 1.34. The highest BCUT2D eigenvalue weighted by molar-refractivity contribution is 8.00.